The van der Waals surface area contributed by atoms with Gasteiger partial charge in [-0.2, -0.15) is 0 Å². The van der Waals surface area contributed by atoms with Crippen LogP contribution >= 0.6 is 0 Å². The number of benzene rings is 2. The lowest BCUT2D eigenvalue weighted by Crippen LogP contribution is -2.42. The highest BCUT2D eigenvalue weighted by Crippen LogP contribution is 2.55. The number of ether oxygens (including phenoxy) is 4. The molecule has 3 unspecified atom stereocenters. The summed E-state index contributed by atoms with van der Waals surface area (Å²) < 4.78 is 23.2. The number of carbonyl (C=O) groups is 2. The number of unbranched alkanes of at least 4 members (excludes halogenated alkanes) is 12. The standard InChI is InChI=1S/C46H74N2O6/c1-9-13-17-21-27-47(28-22-18-14-10-2)43(49)34-38-36-32-41(53-7)42(54-8)33-37(36)44(35-25-26-39(51-5)40(31-35)52-6)45(38)46(50)48(29-23-19-15-11-3)30-24-20-16-12-4/h25-26,31-33,38,44-45H,9-24,27-30,34H2,1-8H3. The van der Waals surface area contributed by atoms with E-state index in [1.165, 1.54) is 12.8 Å². The fourth-order valence-corrected chi connectivity index (χ4v) is 8.24. The van der Waals surface area contributed by atoms with Gasteiger partial charge in [-0.25, -0.2) is 0 Å². The Morgan fingerprint density at radius 2 is 0.944 bits per heavy atom. The second kappa shape index (κ2) is 24.9. The molecule has 0 N–H and O–H groups in total. The maximum absolute atomic E-state index is 15.4. The molecule has 2 aromatic carbocycles. The molecule has 0 heterocycles. The smallest absolute Gasteiger partial charge is 0.227 e. The van der Waals surface area contributed by atoms with E-state index in [4.69, 9.17) is 18.9 Å². The van der Waals surface area contributed by atoms with E-state index in [1.807, 2.05) is 24.3 Å². The molecule has 0 saturated carbocycles. The van der Waals surface area contributed by atoms with E-state index in [9.17, 15) is 4.79 Å². The minimum Gasteiger partial charge on any atom is -0.493 e. The third kappa shape index (κ3) is 12.6. The molecular weight excluding hydrogens is 677 g/mol. The topological polar surface area (TPSA) is 77.5 Å². The van der Waals surface area contributed by atoms with Crippen LogP contribution in [0.15, 0.2) is 30.3 Å². The predicted molar refractivity (Wildman–Crippen MR) is 222 cm³/mol. The van der Waals surface area contributed by atoms with Crippen LogP contribution in [0.4, 0.5) is 0 Å². The lowest BCUT2D eigenvalue weighted by atomic mass is 9.79. The second-order valence-corrected chi connectivity index (χ2v) is 15.2. The highest BCUT2D eigenvalue weighted by atomic mass is 16.5. The summed E-state index contributed by atoms with van der Waals surface area (Å²) in [6.45, 7) is 11.9. The van der Waals surface area contributed by atoms with Gasteiger partial charge in [-0.05, 0) is 66.6 Å². The Kier molecular flexibility index (Phi) is 20.7. The van der Waals surface area contributed by atoms with Gasteiger partial charge in [0.05, 0.1) is 34.4 Å². The summed E-state index contributed by atoms with van der Waals surface area (Å²) in [5.74, 6) is 1.61. The molecule has 0 aromatic heterocycles. The summed E-state index contributed by atoms with van der Waals surface area (Å²) in [5, 5.41) is 0. The molecule has 0 spiro atoms. The van der Waals surface area contributed by atoms with E-state index in [0.29, 0.717) is 23.0 Å². The number of carbonyl (C=O) groups excluding carboxylic acids is 2. The molecule has 0 fully saturated rings. The van der Waals surface area contributed by atoms with Crippen LogP contribution in [0.25, 0.3) is 0 Å². The van der Waals surface area contributed by atoms with Crippen molar-refractivity contribution < 1.29 is 28.5 Å². The van der Waals surface area contributed by atoms with Gasteiger partial charge in [0.2, 0.25) is 11.8 Å². The van der Waals surface area contributed by atoms with Gasteiger partial charge in [-0.1, -0.05) is 111 Å². The van der Waals surface area contributed by atoms with E-state index in [2.05, 4.69) is 43.6 Å². The zero-order chi connectivity index (χ0) is 39.3. The molecule has 2 amide bonds. The van der Waals surface area contributed by atoms with Gasteiger partial charge in [-0.3, -0.25) is 9.59 Å². The maximum atomic E-state index is 15.4. The first kappa shape index (κ1) is 45.0. The van der Waals surface area contributed by atoms with Crippen molar-refractivity contribution in [3.05, 3.63) is 47.0 Å². The number of hydrogen-bond acceptors (Lipinski definition) is 6. The van der Waals surface area contributed by atoms with Crippen molar-refractivity contribution in [3.63, 3.8) is 0 Å². The molecule has 0 saturated heterocycles. The SMILES string of the molecule is CCCCCCN(CCCCCC)C(=O)CC1c2cc(OC)c(OC)cc2C(c2ccc(OC)c(OC)c2)C1C(=O)N(CCCCCC)CCCCCC. The molecule has 8 nitrogen and oxygen atoms in total. The minimum atomic E-state index is -0.488. The van der Waals surface area contributed by atoms with Crippen molar-refractivity contribution in [1.29, 1.82) is 0 Å². The van der Waals surface area contributed by atoms with Gasteiger partial charge >= 0.3 is 0 Å². The fourth-order valence-electron chi connectivity index (χ4n) is 8.24. The molecule has 3 atom stereocenters. The third-order valence-electron chi connectivity index (χ3n) is 11.4. The summed E-state index contributed by atoms with van der Waals surface area (Å²) in [5.41, 5.74) is 2.96. The van der Waals surface area contributed by atoms with Crippen molar-refractivity contribution in [2.24, 2.45) is 5.92 Å². The molecule has 2 aromatic rings. The second-order valence-electron chi connectivity index (χ2n) is 15.2. The Hall–Kier alpha value is -3.42. The third-order valence-corrected chi connectivity index (χ3v) is 11.4. The number of methoxy groups -OCH3 is 4. The number of amides is 2. The summed E-state index contributed by atoms with van der Waals surface area (Å²) in [6.07, 6.45) is 17.9. The summed E-state index contributed by atoms with van der Waals surface area (Å²) in [7, 11) is 6.58. The van der Waals surface area contributed by atoms with Crippen molar-refractivity contribution in [1.82, 2.24) is 9.80 Å². The minimum absolute atomic E-state index is 0.132. The van der Waals surface area contributed by atoms with Crippen LogP contribution in [0.5, 0.6) is 23.0 Å². The molecule has 8 heteroatoms. The Balaban J connectivity index is 2.20. The van der Waals surface area contributed by atoms with Gasteiger partial charge in [0.25, 0.3) is 0 Å². The van der Waals surface area contributed by atoms with Crippen LogP contribution in [0, 0.1) is 5.92 Å². The van der Waals surface area contributed by atoms with Crippen molar-refractivity contribution in [2.75, 3.05) is 54.6 Å². The van der Waals surface area contributed by atoms with Gasteiger partial charge < -0.3 is 28.7 Å². The van der Waals surface area contributed by atoms with Gasteiger partial charge in [0.1, 0.15) is 0 Å². The summed E-state index contributed by atoms with van der Waals surface area (Å²) in [4.78, 5) is 34.4. The zero-order valence-electron chi connectivity index (χ0n) is 35.3. The van der Waals surface area contributed by atoms with E-state index in [-0.39, 0.29) is 30.1 Å². The van der Waals surface area contributed by atoms with Crippen LogP contribution < -0.4 is 18.9 Å². The summed E-state index contributed by atoms with van der Waals surface area (Å²) >= 11 is 0. The van der Waals surface area contributed by atoms with Crippen LogP contribution in [-0.2, 0) is 9.59 Å². The molecular formula is C46H74N2O6. The van der Waals surface area contributed by atoms with Crippen LogP contribution in [0.3, 0.4) is 0 Å². The van der Waals surface area contributed by atoms with Crippen molar-refractivity contribution >= 4 is 11.8 Å². The van der Waals surface area contributed by atoms with E-state index in [1.54, 1.807) is 28.4 Å². The van der Waals surface area contributed by atoms with Gasteiger partial charge in [-0.15, -0.1) is 0 Å². The normalized spacial score (nSPS) is 16.2. The largest absolute Gasteiger partial charge is 0.493 e. The Morgan fingerprint density at radius 3 is 1.39 bits per heavy atom. The number of fused-ring (bicyclic) bond motifs is 1. The molecule has 1 aliphatic rings. The highest BCUT2D eigenvalue weighted by Gasteiger charge is 2.48. The molecule has 0 radical (unpaired) electrons. The number of nitrogens with zero attached hydrogens (tertiary/aromatic N) is 2. The Labute approximate surface area is 328 Å². The molecule has 1 aliphatic carbocycles. The molecule has 0 aliphatic heterocycles. The van der Waals surface area contributed by atoms with E-state index >= 15 is 4.79 Å². The first-order chi connectivity index (χ1) is 26.3. The molecule has 54 heavy (non-hydrogen) atoms. The highest BCUT2D eigenvalue weighted by molar-refractivity contribution is 5.86. The quantitative estimate of drug-likeness (QED) is 0.0806. The molecule has 0 bridgehead atoms. The van der Waals surface area contributed by atoms with Gasteiger partial charge in [0, 0.05) is 44.4 Å². The monoisotopic (exact) mass is 751 g/mol. The maximum Gasteiger partial charge on any atom is 0.227 e. The van der Waals surface area contributed by atoms with Gasteiger partial charge in [0.15, 0.2) is 23.0 Å². The first-order valence-corrected chi connectivity index (χ1v) is 21.4. The fraction of sp³-hybridized carbons (Fsp3) is 0.696. The van der Waals surface area contributed by atoms with Crippen molar-refractivity contribution in [3.8, 4) is 23.0 Å². The Bertz CT molecular complexity index is 1370. The predicted octanol–water partition coefficient (Wildman–Crippen LogP) is 10.9. The summed E-state index contributed by atoms with van der Waals surface area (Å²) in [6, 6.07) is 10.1. The van der Waals surface area contributed by atoms with Crippen LogP contribution in [0.2, 0.25) is 0 Å². The molecule has 304 valence electrons. The zero-order valence-corrected chi connectivity index (χ0v) is 35.3. The van der Waals surface area contributed by atoms with Crippen LogP contribution in [-0.4, -0.2) is 76.2 Å². The number of rotatable bonds is 28. The Morgan fingerprint density at radius 1 is 0.519 bits per heavy atom. The molecule has 3 rings (SSSR count). The van der Waals surface area contributed by atoms with Crippen LogP contribution in [0.1, 0.15) is 165 Å². The lowest BCUT2D eigenvalue weighted by Gasteiger charge is -2.33. The average Bonchev–Trinajstić information content (AvgIpc) is 3.50. The number of hydrogen-bond donors (Lipinski definition) is 0. The van der Waals surface area contributed by atoms with E-state index in [0.717, 1.165) is 133 Å². The average molecular weight is 751 g/mol. The van der Waals surface area contributed by atoms with E-state index < -0.39 is 5.92 Å². The lowest BCUT2D eigenvalue weighted by molar-refractivity contribution is -0.138. The van der Waals surface area contributed by atoms with Crippen molar-refractivity contribution in [2.45, 2.75) is 149 Å². The first-order valence-electron chi connectivity index (χ1n) is 21.4.